The summed E-state index contributed by atoms with van der Waals surface area (Å²) in [5.74, 6) is -1.96. The van der Waals surface area contributed by atoms with Crippen LogP contribution in [0.3, 0.4) is 0 Å². The van der Waals surface area contributed by atoms with Crippen molar-refractivity contribution in [3.05, 3.63) is 52.1 Å². The van der Waals surface area contributed by atoms with E-state index in [1.807, 2.05) is 37.8 Å². The number of esters is 1. The van der Waals surface area contributed by atoms with Crippen molar-refractivity contribution in [2.75, 3.05) is 44.2 Å². The molecule has 1 aromatic carbocycles. The molecule has 250 valence electrons. The predicted octanol–water partition coefficient (Wildman–Crippen LogP) is 5.54. The number of aromatic nitrogens is 2. The summed E-state index contributed by atoms with van der Waals surface area (Å²) in [6.07, 6.45) is -1.90. The largest absolute Gasteiger partial charge is 0.490 e. The van der Waals surface area contributed by atoms with Crippen molar-refractivity contribution in [3.8, 4) is 0 Å². The van der Waals surface area contributed by atoms with Gasteiger partial charge in [-0.1, -0.05) is 17.7 Å². The molecule has 2 aliphatic heterocycles. The van der Waals surface area contributed by atoms with Crippen molar-refractivity contribution >= 4 is 35.1 Å². The molecule has 2 atom stereocenters. The molecule has 1 saturated carbocycles. The Balaban J connectivity index is 1.17. The standard InChI is InChI=1S/C33H41ClF3N5O4/c1-20-6-7-26(14-27(20)34)42(29(43)23-8-10-32(4,11-9-23)46-31(45)33(35,36)37)13-5-12-40-15-24-17-41(18-25(24)16-40)30(44)28-21(2)38-19-39-22(28)3/h6-7,14,19,23-25H,5,8-13,15-18H2,1-4H3. The van der Waals surface area contributed by atoms with Crippen molar-refractivity contribution < 1.29 is 32.3 Å². The van der Waals surface area contributed by atoms with E-state index in [1.165, 1.54) is 13.3 Å². The Bertz CT molecular complexity index is 1450. The number of alkyl halides is 3. The van der Waals surface area contributed by atoms with Crippen molar-refractivity contribution in [3.63, 3.8) is 0 Å². The number of fused-ring (bicyclic) bond motifs is 1. The normalized spacial score (nSPS) is 25.0. The number of hydrogen-bond acceptors (Lipinski definition) is 7. The Kier molecular flexibility index (Phi) is 9.98. The van der Waals surface area contributed by atoms with E-state index in [9.17, 15) is 27.6 Å². The van der Waals surface area contributed by atoms with Gasteiger partial charge in [0.2, 0.25) is 5.91 Å². The van der Waals surface area contributed by atoms with E-state index < -0.39 is 23.7 Å². The van der Waals surface area contributed by atoms with Gasteiger partial charge in [0.05, 0.1) is 17.0 Å². The first kappa shape index (κ1) is 34.1. The highest BCUT2D eigenvalue weighted by Crippen LogP contribution is 2.38. The highest BCUT2D eigenvalue weighted by molar-refractivity contribution is 6.31. The Morgan fingerprint density at radius 1 is 1.02 bits per heavy atom. The number of carbonyl (C=O) groups is 3. The fourth-order valence-corrected chi connectivity index (χ4v) is 7.32. The fourth-order valence-electron chi connectivity index (χ4n) is 7.15. The smallest absolute Gasteiger partial charge is 0.453 e. The van der Waals surface area contributed by atoms with Crippen LogP contribution >= 0.6 is 11.6 Å². The molecule has 2 amide bonds. The first-order chi connectivity index (χ1) is 21.6. The molecule has 3 aliphatic rings. The second-order valence-electron chi connectivity index (χ2n) is 13.3. The number of nitrogens with zero attached hydrogens (tertiary/aromatic N) is 5. The SMILES string of the molecule is Cc1ccc(N(CCCN2CC3CN(C(=O)c4c(C)ncnc4C)CC3C2)C(=O)C2CCC(C)(OC(=O)C(F)(F)F)CC2)cc1Cl. The van der Waals surface area contributed by atoms with Gasteiger partial charge in [-0.3, -0.25) is 9.59 Å². The predicted molar refractivity (Wildman–Crippen MR) is 166 cm³/mol. The number of carbonyl (C=O) groups excluding carboxylic acids is 3. The Morgan fingerprint density at radius 2 is 1.63 bits per heavy atom. The summed E-state index contributed by atoms with van der Waals surface area (Å²) < 4.78 is 43.2. The van der Waals surface area contributed by atoms with Crippen molar-refractivity contribution in [1.82, 2.24) is 19.8 Å². The summed E-state index contributed by atoms with van der Waals surface area (Å²) in [7, 11) is 0. The van der Waals surface area contributed by atoms with Crippen LogP contribution in [0, 0.1) is 38.5 Å². The molecule has 13 heteroatoms. The van der Waals surface area contributed by atoms with Gasteiger partial charge in [-0.05, 0) is 95.9 Å². The van der Waals surface area contributed by atoms with Crippen molar-refractivity contribution in [1.29, 1.82) is 0 Å². The topological polar surface area (TPSA) is 95.9 Å². The van der Waals surface area contributed by atoms with Gasteiger partial charge in [0.25, 0.3) is 5.91 Å². The lowest BCUT2D eigenvalue weighted by molar-refractivity contribution is -0.215. The highest BCUT2D eigenvalue weighted by Gasteiger charge is 2.47. The molecule has 0 N–H and O–H groups in total. The van der Waals surface area contributed by atoms with E-state index in [2.05, 4.69) is 14.9 Å². The third-order valence-electron chi connectivity index (χ3n) is 9.84. The van der Waals surface area contributed by atoms with Crippen LogP contribution in [0.5, 0.6) is 0 Å². The third kappa shape index (κ3) is 7.48. The first-order valence-electron chi connectivity index (χ1n) is 15.8. The average Bonchev–Trinajstić information content (AvgIpc) is 3.55. The number of hydrogen-bond donors (Lipinski definition) is 0. The molecular formula is C33H41ClF3N5O4. The average molecular weight is 664 g/mol. The number of halogens is 4. The molecule has 3 fully saturated rings. The number of ether oxygens (including phenoxy) is 1. The van der Waals surface area contributed by atoms with E-state index in [0.29, 0.717) is 78.4 Å². The maximum Gasteiger partial charge on any atom is 0.490 e. The molecular weight excluding hydrogens is 623 g/mol. The Labute approximate surface area is 272 Å². The lowest BCUT2D eigenvalue weighted by atomic mass is 9.79. The van der Waals surface area contributed by atoms with E-state index in [0.717, 1.165) is 25.2 Å². The summed E-state index contributed by atoms with van der Waals surface area (Å²) >= 11 is 6.43. The van der Waals surface area contributed by atoms with Gasteiger partial charge in [-0.15, -0.1) is 0 Å². The molecule has 1 aromatic heterocycles. The second-order valence-corrected chi connectivity index (χ2v) is 13.7. The summed E-state index contributed by atoms with van der Waals surface area (Å²) in [4.78, 5) is 53.1. The van der Waals surface area contributed by atoms with Gasteiger partial charge in [-0.25, -0.2) is 14.8 Å². The summed E-state index contributed by atoms with van der Waals surface area (Å²) in [5.41, 5.74) is 2.28. The van der Waals surface area contributed by atoms with Crippen LogP contribution in [0.4, 0.5) is 18.9 Å². The van der Waals surface area contributed by atoms with Gasteiger partial charge >= 0.3 is 12.1 Å². The Morgan fingerprint density at radius 3 is 2.20 bits per heavy atom. The quantitative estimate of drug-likeness (QED) is 0.343. The zero-order valence-corrected chi connectivity index (χ0v) is 27.5. The lowest BCUT2D eigenvalue weighted by Crippen LogP contribution is -2.44. The maximum absolute atomic E-state index is 13.9. The molecule has 1 aliphatic carbocycles. The van der Waals surface area contributed by atoms with E-state index in [1.54, 1.807) is 11.0 Å². The van der Waals surface area contributed by atoms with Gasteiger partial charge in [-0.2, -0.15) is 13.2 Å². The minimum atomic E-state index is -5.06. The van der Waals surface area contributed by atoms with E-state index >= 15 is 0 Å². The van der Waals surface area contributed by atoms with Crippen LogP contribution in [0.25, 0.3) is 0 Å². The van der Waals surface area contributed by atoms with Crippen LogP contribution in [-0.4, -0.2) is 88.6 Å². The van der Waals surface area contributed by atoms with Gasteiger partial charge in [0, 0.05) is 49.4 Å². The summed E-state index contributed by atoms with van der Waals surface area (Å²) in [5, 5.41) is 0.546. The zero-order valence-electron chi connectivity index (χ0n) is 26.7. The molecule has 0 spiro atoms. The van der Waals surface area contributed by atoms with Crippen LogP contribution in [0.1, 0.15) is 66.3 Å². The maximum atomic E-state index is 13.9. The summed E-state index contributed by atoms with van der Waals surface area (Å²) in [6, 6.07) is 5.51. The van der Waals surface area contributed by atoms with Crippen LogP contribution in [0.2, 0.25) is 5.02 Å². The van der Waals surface area contributed by atoms with Crippen LogP contribution < -0.4 is 4.90 Å². The van der Waals surface area contributed by atoms with Gasteiger partial charge < -0.3 is 19.4 Å². The fraction of sp³-hybridized carbons (Fsp3) is 0.606. The second kappa shape index (κ2) is 13.5. The monoisotopic (exact) mass is 663 g/mol. The summed E-state index contributed by atoms with van der Waals surface area (Å²) in [6.45, 7) is 11.4. The van der Waals surface area contributed by atoms with Crippen LogP contribution in [0.15, 0.2) is 24.5 Å². The number of aryl methyl sites for hydroxylation is 3. The number of benzene rings is 1. The first-order valence-corrected chi connectivity index (χ1v) is 16.2. The molecule has 0 radical (unpaired) electrons. The molecule has 2 saturated heterocycles. The molecule has 46 heavy (non-hydrogen) atoms. The molecule has 3 heterocycles. The molecule has 9 nitrogen and oxygen atoms in total. The van der Waals surface area contributed by atoms with Crippen molar-refractivity contribution in [2.24, 2.45) is 17.8 Å². The van der Waals surface area contributed by atoms with Crippen LogP contribution in [-0.2, 0) is 14.3 Å². The zero-order chi connectivity index (χ0) is 33.4. The third-order valence-corrected chi connectivity index (χ3v) is 10.2. The van der Waals surface area contributed by atoms with Gasteiger partial charge in [0.15, 0.2) is 0 Å². The highest BCUT2D eigenvalue weighted by atomic mass is 35.5. The van der Waals surface area contributed by atoms with Crippen molar-refractivity contribution in [2.45, 2.75) is 71.6 Å². The number of amides is 2. The molecule has 2 unspecified atom stereocenters. The number of rotatable bonds is 8. The molecule has 2 aromatic rings. The number of anilines is 1. The Hall–Kier alpha value is -3.25. The minimum Gasteiger partial charge on any atom is -0.453 e. The van der Waals surface area contributed by atoms with E-state index in [-0.39, 0.29) is 24.7 Å². The van der Waals surface area contributed by atoms with Gasteiger partial charge in [0.1, 0.15) is 11.9 Å². The molecule has 5 rings (SSSR count). The lowest BCUT2D eigenvalue weighted by Gasteiger charge is -2.38. The minimum absolute atomic E-state index is 0.0102. The number of likely N-dealkylation sites (tertiary alicyclic amines) is 2. The molecule has 0 bridgehead atoms. The van der Waals surface area contributed by atoms with E-state index in [4.69, 9.17) is 16.3 Å².